The van der Waals surface area contributed by atoms with E-state index in [0.29, 0.717) is 0 Å². The van der Waals surface area contributed by atoms with E-state index in [2.05, 4.69) is 10.3 Å². The maximum absolute atomic E-state index is 9.00. The second-order valence-electron chi connectivity index (χ2n) is 4.18. The number of nitrogens with one attached hydrogen (secondary N) is 1. The molecular formula is C14H14N2O2. The highest BCUT2D eigenvalue weighted by Gasteiger charge is 2.12. The van der Waals surface area contributed by atoms with Gasteiger partial charge < -0.3 is 14.8 Å². The van der Waals surface area contributed by atoms with Gasteiger partial charge in [0, 0.05) is 12.1 Å². The van der Waals surface area contributed by atoms with Crippen LogP contribution in [0, 0.1) is 0 Å². The number of furan rings is 1. The smallest absolute Gasteiger partial charge is 0.169 e. The molecule has 0 aliphatic carbocycles. The molecule has 92 valence electrons. The minimum absolute atomic E-state index is 0.0599. The summed E-state index contributed by atoms with van der Waals surface area (Å²) >= 11 is 0. The lowest BCUT2D eigenvalue weighted by Gasteiger charge is -2.00. The van der Waals surface area contributed by atoms with Crippen molar-refractivity contribution in [1.29, 1.82) is 0 Å². The van der Waals surface area contributed by atoms with Gasteiger partial charge in [-0.3, -0.25) is 4.99 Å². The summed E-state index contributed by atoms with van der Waals surface area (Å²) in [6.45, 7) is 1.73. The molecule has 2 N–H and O–H groups in total. The molecule has 0 saturated heterocycles. The zero-order chi connectivity index (χ0) is 12.4. The normalized spacial score (nSPS) is 14.4. The first-order valence-electron chi connectivity index (χ1n) is 5.95. The molecule has 0 saturated carbocycles. The number of aliphatic hydroxyl groups excluding tert-OH is 1. The molecule has 0 radical (unpaired) electrons. The van der Waals surface area contributed by atoms with Crippen molar-refractivity contribution in [3.63, 3.8) is 0 Å². The largest absolute Gasteiger partial charge is 0.453 e. The third-order valence-corrected chi connectivity index (χ3v) is 2.93. The Labute approximate surface area is 105 Å². The zero-order valence-corrected chi connectivity index (χ0v) is 9.89. The van der Waals surface area contributed by atoms with Crippen molar-refractivity contribution in [3.8, 4) is 11.3 Å². The van der Waals surface area contributed by atoms with Gasteiger partial charge in [0.05, 0.1) is 13.2 Å². The summed E-state index contributed by atoms with van der Waals surface area (Å²) < 4.78 is 5.77. The fourth-order valence-electron chi connectivity index (χ4n) is 1.96. The van der Waals surface area contributed by atoms with Crippen LogP contribution < -0.4 is 5.32 Å². The number of rotatable bonds is 3. The summed E-state index contributed by atoms with van der Waals surface area (Å²) in [7, 11) is 0. The van der Waals surface area contributed by atoms with Crippen LogP contribution in [0.3, 0.4) is 0 Å². The lowest BCUT2D eigenvalue weighted by molar-refractivity contribution is 0.282. The second kappa shape index (κ2) is 4.66. The molecule has 2 aromatic rings. The Hall–Kier alpha value is -2.07. The second-order valence-corrected chi connectivity index (χ2v) is 4.18. The average Bonchev–Trinajstić information content (AvgIpc) is 3.09. The molecule has 18 heavy (non-hydrogen) atoms. The van der Waals surface area contributed by atoms with Crippen molar-refractivity contribution in [1.82, 2.24) is 5.32 Å². The fraction of sp³-hybridized carbons (Fsp3) is 0.214. The van der Waals surface area contributed by atoms with E-state index in [1.807, 2.05) is 36.4 Å². The van der Waals surface area contributed by atoms with Gasteiger partial charge in [-0.25, -0.2) is 0 Å². The van der Waals surface area contributed by atoms with Crippen molar-refractivity contribution in [3.05, 3.63) is 47.7 Å². The molecule has 0 fully saturated rings. The molecule has 2 heterocycles. The lowest BCUT2D eigenvalue weighted by Crippen LogP contribution is -2.18. The van der Waals surface area contributed by atoms with Crippen LogP contribution in [0.25, 0.3) is 11.3 Å². The third kappa shape index (κ3) is 2.02. The minimum atomic E-state index is 0.0599. The maximum atomic E-state index is 9.00. The molecule has 4 heteroatoms. The first-order valence-corrected chi connectivity index (χ1v) is 5.95. The van der Waals surface area contributed by atoms with Crippen LogP contribution in [-0.4, -0.2) is 24.0 Å². The Morgan fingerprint density at radius 2 is 1.89 bits per heavy atom. The van der Waals surface area contributed by atoms with Crippen LogP contribution >= 0.6 is 0 Å². The summed E-state index contributed by atoms with van der Waals surface area (Å²) in [6.07, 6.45) is 0. The van der Waals surface area contributed by atoms with Gasteiger partial charge in [-0.05, 0) is 17.7 Å². The molecule has 0 unspecified atom stereocenters. The Balaban J connectivity index is 1.87. The highest BCUT2D eigenvalue weighted by Crippen LogP contribution is 2.23. The van der Waals surface area contributed by atoms with Crippen LogP contribution in [-0.2, 0) is 6.61 Å². The number of hydrogen-bond acceptors (Lipinski definition) is 4. The number of benzene rings is 1. The molecule has 0 spiro atoms. The summed E-state index contributed by atoms with van der Waals surface area (Å²) in [4.78, 5) is 4.32. The van der Waals surface area contributed by atoms with Gasteiger partial charge in [0.1, 0.15) is 5.76 Å². The first-order chi connectivity index (χ1) is 8.86. The SMILES string of the molecule is OCc1ccc(-c2ccc(C3=NCCN3)o2)cc1. The van der Waals surface area contributed by atoms with E-state index in [-0.39, 0.29) is 6.61 Å². The van der Waals surface area contributed by atoms with Gasteiger partial charge in [-0.2, -0.15) is 0 Å². The van der Waals surface area contributed by atoms with Gasteiger partial charge in [-0.1, -0.05) is 24.3 Å². The average molecular weight is 242 g/mol. The van der Waals surface area contributed by atoms with Crippen LogP contribution in [0.1, 0.15) is 11.3 Å². The van der Waals surface area contributed by atoms with Crippen LogP contribution in [0.5, 0.6) is 0 Å². The molecule has 0 atom stereocenters. The van der Waals surface area contributed by atoms with Crippen molar-refractivity contribution >= 4 is 5.84 Å². The Kier molecular flexibility index (Phi) is 2.86. The minimum Gasteiger partial charge on any atom is -0.453 e. The predicted octanol–water partition coefficient (Wildman–Crippen LogP) is 1.79. The van der Waals surface area contributed by atoms with Crippen LogP contribution in [0.4, 0.5) is 0 Å². The Morgan fingerprint density at radius 1 is 1.11 bits per heavy atom. The first kappa shape index (κ1) is 11.0. The van der Waals surface area contributed by atoms with Crippen molar-refractivity contribution < 1.29 is 9.52 Å². The van der Waals surface area contributed by atoms with E-state index in [1.54, 1.807) is 0 Å². The summed E-state index contributed by atoms with van der Waals surface area (Å²) in [5, 5.41) is 12.2. The highest BCUT2D eigenvalue weighted by molar-refractivity contribution is 5.97. The van der Waals surface area contributed by atoms with E-state index < -0.39 is 0 Å². The molecular weight excluding hydrogens is 228 g/mol. The van der Waals surface area contributed by atoms with Gasteiger partial charge in [0.15, 0.2) is 11.6 Å². The highest BCUT2D eigenvalue weighted by atomic mass is 16.3. The molecule has 4 nitrogen and oxygen atoms in total. The number of aliphatic hydroxyl groups is 1. The fourth-order valence-corrected chi connectivity index (χ4v) is 1.96. The number of amidine groups is 1. The monoisotopic (exact) mass is 242 g/mol. The quantitative estimate of drug-likeness (QED) is 0.862. The van der Waals surface area contributed by atoms with E-state index in [9.17, 15) is 0 Å². The topological polar surface area (TPSA) is 57.8 Å². The number of aliphatic imine (C=N–C) groups is 1. The summed E-state index contributed by atoms with van der Waals surface area (Å²) in [6, 6.07) is 11.5. The molecule has 1 aromatic heterocycles. The van der Waals surface area contributed by atoms with Gasteiger partial charge in [0.25, 0.3) is 0 Å². The van der Waals surface area contributed by atoms with Gasteiger partial charge in [-0.15, -0.1) is 0 Å². The van der Waals surface area contributed by atoms with E-state index in [1.165, 1.54) is 0 Å². The third-order valence-electron chi connectivity index (χ3n) is 2.93. The van der Waals surface area contributed by atoms with Gasteiger partial charge >= 0.3 is 0 Å². The molecule has 1 aliphatic rings. The molecule has 0 bridgehead atoms. The van der Waals surface area contributed by atoms with E-state index >= 15 is 0 Å². The molecule has 1 aromatic carbocycles. The van der Waals surface area contributed by atoms with E-state index in [4.69, 9.17) is 9.52 Å². The predicted molar refractivity (Wildman–Crippen MR) is 69.5 cm³/mol. The molecule has 3 rings (SSSR count). The van der Waals surface area contributed by atoms with Crippen LogP contribution in [0.2, 0.25) is 0 Å². The van der Waals surface area contributed by atoms with Gasteiger partial charge in [0.2, 0.25) is 0 Å². The standard InChI is InChI=1S/C14H14N2O2/c17-9-10-1-3-11(4-2-10)12-5-6-13(18-12)14-15-7-8-16-14/h1-6,17H,7-9H2,(H,15,16). The molecule has 1 aliphatic heterocycles. The lowest BCUT2D eigenvalue weighted by atomic mass is 10.1. The van der Waals surface area contributed by atoms with Crippen molar-refractivity contribution in [2.24, 2.45) is 4.99 Å². The summed E-state index contributed by atoms with van der Waals surface area (Å²) in [5.41, 5.74) is 1.89. The molecule has 0 amide bonds. The maximum Gasteiger partial charge on any atom is 0.169 e. The number of nitrogens with zero attached hydrogens (tertiary/aromatic N) is 1. The number of hydrogen-bond donors (Lipinski definition) is 2. The van der Waals surface area contributed by atoms with Crippen LogP contribution in [0.15, 0.2) is 45.8 Å². The Morgan fingerprint density at radius 3 is 2.56 bits per heavy atom. The summed E-state index contributed by atoms with van der Waals surface area (Å²) in [5.74, 6) is 2.41. The Bertz CT molecular complexity index is 570. The van der Waals surface area contributed by atoms with E-state index in [0.717, 1.165) is 41.6 Å². The zero-order valence-electron chi connectivity index (χ0n) is 9.89. The van der Waals surface area contributed by atoms with Crippen molar-refractivity contribution in [2.75, 3.05) is 13.1 Å². The van der Waals surface area contributed by atoms with Crippen molar-refractivity contribution in [2.45, 2.75) is 6.61 Å².